The minimum atomic E-state index is 0.844. The highest BCUT2D eigenvalue weighted by molar-refractivity contribution is 14.1. The molecule has 0 atom stereocenters. The number of rotatable bonds is 2. The molecule has 7 heavy (non-hydrogen) atoms. The predicted octanol–water partition coefficient (Wildman–Crippen LogP) is 1.01. The lowest BCUT2D eigenvalue weighted by Crippen LogP contribution is -1.84. The quantitative estimate of drug-likeness (QED) is 0.508. The third kappa shape index (κ3) is 19.0. The van der Waals surface area contributed by atoms with Gasteiger partial charge in [-0.15, -0.1) is 0 Å². The van der Waals surface area contributed by atoms with Crippen molar-refractivity contribution in [3.63, 3.8) is 0 Å². The van der Waals surface area contributed by atoms with Gasteiger partial charge in [0.05, 0.1) is 0 Å². The van der Waals surface area contributed by atoms with Crippen LogP contribution in [0.25, 0.3) is 0 Å². The van der Waals surface area contributed by atoms with Crippen molar-refractivity contribution >= 4 is 33.3 Å². The highest BCUT2D eigenvalue weighted by atomic mass is 127. The van der Waals surface area contributed by atoms with E-state index in [9.17, 15) is 0 Å². The molecule has 0 saturated heterocycles. The summed E-state index contributed by atoms with van der Waals surface area (Å²) in [6.45, 7) is 5.67. The van der Waals surface area contributed by atoms with Gasteiger partial charge in [-0.2, -0.15) is 0 Å². The second kappa shape index (κ2) is 15.7. The zero-order valence-corrected chi connectivity index (χ0v) is 9.36. The average molecular weight is 230 g/mol. The Morgan fingerprint density at radius 2 is 1.57 bits per heavy atom. The van der Waals surface area contributed by atoms with Crippen molar-refractivity contribution in [1.82, 2.24) is 0 Å². The lowest BCUT2D eigenvalue weighted by Gasteiger charge is -1.86. The Bertz CT molecular complexity index is 19.2. The standard InChI is InChI=1S/C4H10O.Al.HI.2H/c1-3-5-4-2;;;;/h3-4H2,1-2H3;;1H;;/q;+1;;;/p-1. The fourth-order valence-corrected chi connectivity index (χ4v) is 0.204. The van der Waals surface area contributed by atoms with Gasteiger partial charge < -0.3 is 4.74 Å². The Morgan fingerprint density at radius 3 is 1.57 bits per heavy atom. The second-order valence-electron chi connectivity index (χ2n) is 0.781. The molecule has 0 bridgehead atoms. The maximum atomic E-state index is 4.83. The molecule has 0 spiro atoms. The largest absolute Gasteiger partial charge is 0.382 e. The first kappa shape index (κ1) is 11.1. The van der Waals surface area contributed by atoms with Crippen molar-refractivity contribution in [2.75, 3.05) is 13.2 Å². The van der Waals surface area contributed by atoms with Crippen LogP contribution in [-0.4, -0.2) is 26.2 Å². The van der Waals surface area contributed by atoms with E-state index in [-0.39, 0.29) is 0 Å². The van der Waals surface area contributed by atoms with Crippen LogP contribution >= 0.6 is 20.3 Å². The second-order valence-corrected chi connectivity index (χ2v) is 0.781. The van der Waals surface area contributed by atoms with Gasteiger partial charge in [-0.3, -0.25) is 0 Å². The van der Waals surface area contributed by atoms with E-state index < -0.39 is 0 Å². The minimum Gasteiger partial charge on any atom is -0.382 e. The Balaban J connectivity index is 0. The van der Waals surface area contributed by atoms with E-state index in [1.54, 1.807) is 0 Å². The molecule has 0 aliphatic rings. The van der Waals surface area contributed by atoms with Crippen LogP contribution in [0, 0.1) is 0 Å². The Labute approximate surface area is 64.9 Å². The van der Waals surface area contributed by atoms with Gasteiger partial charge >= 0.3 is 13.0 Å². The lowest BCUT2D eigenvalue weighted by molar-refractivity contribution is 0.162. The van der Waals surface area contributed by atoms with Crippen LogP contribution in [0.2, 0.25) is 0 Å². The summed E-state index contributed by atoms with van der Waals surface area (Å²) in [6, 6.07) is 0. The maximum absolute atomic E-state index is 4.83. The summed E-state index contributed by atoms with van der Waals surface area (Å²) in [4.78, 5) is 0. The summed E-state index contributed by atoms with van der Waals surface area (Å²) in [5, 5.41) is 0. The first-order chi connectivity index (χ1) is 3.41. The molecule has 0 N–H and O–H groups in total. The van der Waals surface area contributed by atoms with Crippen LogP contribution < -0.4 is 0 Å². The van der Waals surface area contributed by atoms with Crippen LogP contribution in [0.4, 0.5) is 0 Å². The van der Waals surface area contributed by atoms with Gasteiger partial charge in [-0.25, -0.2) is 20.3 Å². The Hall–Kier alpha value is 1.22. The van der Waals surface area contributed by atoms with Gasteiger partial charge in [0.25, 0.3) is 0 Å². The molecule has 0 unspecified atom stereocenters. The fourth-order valence-electron chi connectivity index (χ4n) is 0.204. The molecule has 0 aromatic rings. The van der Waals surface area contributed by atoms with E-state index in [2.05, 4.69) is 20.3 Å². The number of hydrogen-bond donors (Lipinski definition) is 0. The molecule has 0 aliphatic heterocycles. The SMILES string of the molecule is CCOCC.[AlH2][I]. The van der Waals surface area contributed by atoms with Crippen molar-refractivity contribution in [3.05, 3.63) is 0 Å². The summed E-state index contributed by atoms with van der Waals surface area (Å²) in [5.41, 5.74) is 0. The molecule has 0 saturated carbocycles. The van der Waals surface area contributed by atoms with Crippen molar-refractivity contribution in [2.24, 2.45) is 0 Å². The molecule has 0 amide bonds. The third-order valence-electron chi connectivity index (χ3n) is 0.408. The first-order valence-electron chi connectivity index (χ1n) is 2.37. The van der Waals surface area contributed by atoms with Gasteiger partial charge in [-0.1, -0.05) is 0 Å². The summed E-state index contributed by atoms with van der Waals surface area (Å²) >= 11 is 3.56. The molecule has 0 radical (unpaired) electrons. The van der Waals surface area contributed by atoms with Crippen molar-refractivity contribution in [1.29, 1.82) is 0 Å². The van der Waals surface area contributed by atoms with Crippen molar-refractivity contribution in [3.8, 4) is 0 Å². The number of halogens is 1. The van der Waals surface area contributed by atoms with Crippen LogP contribution in [-0.2, 0) is 4.74 Å². The van der Waals surface area contributed by atoms with Crippen LogP contribution in [0.1, 0.15) is 13.8 Å². The number of hydrogen-bond acceptors (Lipinski definition) is 1. The topological polar surface area (TPSA) is 9.23 Å². The molecular formula is C4H12AlIO. The highest BCUT2D eigenvalue weighted by Crippen LogP contribution is 1.64. The molecule has 0 fully saturated rings. The summed E-state index contributed by atoms with van der Waals surface area (Å²) in [5.74, 6) is 0. The smallest absolute Gasteiger partial charge is 0.313 e. The Kier molecular flexibility index (Phi) is 24.8. The van der Waals surface area contributed by atoms with Crippen molar-refractivity contribution < 1.29 is 4.74 Å². The van der Waals surface area contributed by atoms with E-state index in [4.69, 9.17) is 4.74 Å². The van der Waals surface area contributed by atoms with Gasteiger partial charge in [0.2, 0.25) is 0 Å². The fraction of sp³-hybridized carbons (Fsp3) is 1.00. The highest BCUT2D eigenvalue weighted by Gasteiger charge is 1.64. The lowest BCUT2D eigenvalue weighted by atomic mass is 10.8. The van der Waals surface area contributed by atoms with Crippen LogP contribution in [0.3, 0.4) is 0 Å². The van der Waals surface area contributed by atoms with E-state index in [0.29, 0.717) is 0 Å². The van der Waals surface area contributed by atoms with E-state index in [1.807, 2.05) is 13.8 Å². The normalized spacial score (nSPS) is 6.71. The van der Waals surface area contributed by atoms with E-state index >= 15 is 0 Å². The van der Waals surface area contributed by atoms with E-state index in [1.165, 1.54) is 13.0 Å². The minimum absolute atomic E-state index is 0.844. The molecule has 0 rings (SSSR count). The number of ether oxygens (including phenoxy) is 1. The predicted molar refractivity (Wildman–Crippen MR) is 44.7 cm³/mol. The molecule has 44 valence electrons. The molecule has 0 aliphatic carbocycles. The van der Waals surface area contributed by atoms with Crippen LogP contribution in [0.15, 0.2) is 0 Å². The van der Waals surface area contributed by atoms with Gasteiger partial charge in [0.1, 0.15) is 0 Å². The molecule has 0 heterocycles. The van der Waals surface area contributed by atoms with Gasteiger partial charge in [0.15, 0.2) is 0 Å². The molecule has 3 heteroatoms. The summed E-state index contributed by atoms with van der Waals surface area (Å²) < 4.78 is 4.83. The molecule has 0 aromatic carbocycles. The Morgan fingerprint density at radius 1 is 1.29 bits per heavy atom. The third-order valence-corrected chi connectivity index (χ3v) is 0.408. The average Bonchev–Trinajstić information content (AvgIpc) is 1.75. The van der Waals surface area contributed by atoms with Gasteiger partial charge in [-0.05, 0) is 13.8 Å². The zero-order chi connectivity index (χ0) is 6.12. The molecule has 0 aromatic heterocycles. The monoisotopic (exact) mass is 230 g/mol. The van der Waals surface area contributed by atoms with Gasteiger partial charge in [0, 0.05) is 13.2 Å². The van der Waals surface area contributed by atoms with Crippen LogP contribution in [0.5, 0.6) is 0 Å². The first-order valence-corrected chi connectivity index (χ1v) is 9.60. The molecule has 1 nitrogen and oxygen atoms in total. The summed E-state index contributed by atoms with van der Waals surface area (Å²) in [7, 11) is 0. The maximum Gasteiger partial charge on any atom is 0.313 e. The zero-order valence-electron chi connectivity index (χ0n) is 5.20. The van der Waals surface area contributed by atoms with E-state index in [0.717, 1.165) is 13.2 Å². The summed E-state index contributed by atoms with van der Waals surface area (Å²) in [6.07, 6.45) is 0. The molecular weight excluding hydrogens is 218 g/mol. The van der Waals surface area contributed by atoms with Crippen molar-refractivity contribution in [2.45, 2.75) is 13.8 Å².